The number of ether oxygens (including phenoxy) is 1. The predicted octanol–water partition coefficient (Wildman–Crippen LogP) is 2.77. The van der Waals surface area contributed by atoms with Gasteiger partial charge in [0.2, 0.25) is 0 Å². The van der Waals surface area contributed by atoms with E-state index in [0.29, 0.717) is 12.2 Å². The van der Waals surface area contributed by atoms with Gasteiger partial charge >= 0.3 is 5.97 Å². The lowest BCUT2D eigenvalue weighted by molar-refractivity contribution is 0.0525. The van der Waals surface area contributed by atoms with Crippen molar-refractivity contribution in [2.24, 2.45) is 0 Å². The number of hydrogen-bond acceptors (Lipinski definition) is 2. The maximum atomic E-state index is 11.5. The van der Waals surface area contributed by atoms with Crippen molar-refractivity contribution in [3.63, 3.8) is 0 Å². The molecular weight excluding hydrogens is 190 g/mol. The second-order valence-electron chi connectivity index (χ2n) is 3.58. The van der Waals surface area contributed by atoms with Crippen LogP contribution in [0.15, 0.2) is 12.3 Å². The van der Waals surface area contributed by atoms with Gasteiger partial charge in [0.25, 0.3) is 0 Å². The molecular formula is C12H19NO2. The molecule has 0 fully saturated rings. The van der Waals surface area contributed by atoms with E-state index in [9.17, 15) is 4.79 Å². The number of unbranched alkanes of at least 4 members (excludes halogenated alkanes) is 1. The molecule has 1 aromatic rings. The van der Waals surface area contributed by atoms with Gasteiger partial charge in [-0.3, -0.25) is 0 Å². The average Bonchev–Trinajstić information content (AvgIpc) is 2.57. The van der Waals surface area contributed by atoms with E-state index in [2.05, 4.69) is 11.5 Å². The number of carbonyl (C=O) groups is 1. The standard InChI is InChI=1S/C12H19NO2/c1-4-6-8-13-9-7-11(10(13)3)12(14)15-5-2/h7,9H,4-6,8H2,1-3H3. The molecule has 0 unspecified atom stereocenters. The van der Waals surface area contributed by atoms with Gasteiger partial charge in [-0.2, -0.15) is 0 Å². The van der Waals surface area contributed by atoms with Crippen LogP contribution in [0.4, 0.5) is 0 Å². The van der Waals surface area contributed by atoms with E-state index < -0.39 is 0 Å². The first-order valence-corrected chi connectivity index (χ1v) is 5.53. The summed E-state index contributed by atoms with van der Waals surface area (Å²) in [5.41, 5.74) is 1.69. The van der Waals surface area contributed by atoms with E-state index >= 15 is 0 Å². The largest absolute Gasteiger partial charge is 0.462 e. The zero-order valence-electron chi connectivity index (χ0n) is 9.75. The van der Waals surface area contributed by atoms with Gasteiger partial charge in [0.05, 0.1) is 12.2 Å². The minimum absolute atomic E-state index is 0.217. The second kappa shape index (κ2) is 5.59. The van der Waals surface area contributed by atoms with E-state index in [1.807, 2.05) is 26.1 Å². The summed E-state index contributed by atoms with van der Waals surface area (Å²) in [5.74, 6) is -0.217. The highest BCUT2D eigenvalue weighted by molar-refractivity contribution is 5.90. The molecule has 0 N–H and O–H groups in total. The van der Waals surface area contributed by atoms with Gasteiger partial charge in [-0.1, -0.05) is 13.3 Å². The van der Waals surface area contributed by atoms with E-state index in [4.69, 9.17) is 4.74 Å². The molecule has 0 spiro atoms. The monoisotopic (exact) mass is 209 g/mol. The van der Waals surface area contributed by atoms with Crippen LogP contribution in [0, 0.1) is 6.92 Å². The maximum Gasteiger partial charge on any atom is 0.339 e. The fourth-order valence-electron chi connectivity index (χ4n) is 1.55. The Bertz CT molecular complexity index is 328. The summed E-state index contributed by atoms with van der Waals surface area (Å²) in [5, 5.41) is 0. The fourth-order valence-corrected chi connectivity index (χ4v) is 1.55. The van der Waals surface area contributed by atoms with E-state index in [1.165, 1.54) is 0 Å². The number of aryl methyl sites for hydroxylation is 1. The molecule has 0 amide bonds. The van der Waals surface area contributed by atoms with E-state index in [0.717, 1.165) is 25.1 Å². The molecule has 1 heterocycles. The molecule has 3 nitrogen and oxygen atoms in total. The van der Waals surface area contributed by atoms with Crippen LogP contribution in [0.3, 0.4) is 0 Å². The Morgan fingerprint density at radius 2 is 2.20 bits per heavy atom. The molecule has 0 saturated carbocycles. The summed E-state index contributed by atoms with van der Waals surface area (Å²) in [6, 6.07) is 1.84. The average molecular weight is 209 g/mol. The van der Waals surface area contributed by atoms with Crippen molar-refractivity contribution < 1.29 is 9.53 Å². The van der Waals surface area contributed by atoms with Gasteiger partial charge < -0.3 is 9.30 Å². The van der Waals surface area contributed by atoms with Crippen molar-refractivity contribution in [3.05, 3.63) is 23.5 Å². The van der Waals surface area contributed by atoms with E-state index in [-0.39, 0.29) is 5.97 Å². The number of rotatable bonds is 5. The first-order valence-electron chi connectivity index (χ1n) is 5.53. The molecule has 0 aliphatic carbocycles. The van der Waals surface area contributed by atoms with Crippen molar-refractivity contribution >= 4 is 5.97 Å². The Morgan fingerprint density at radius 3 is 2.80 bits per heavy atom. The highest BCUT2D eigenvalue weighted by atomic mass is 16.5. The summed E-state index contributed by atoms with van der Waals surface area (Å²) in [6.07, 6.45) is 4.25. The fraction of sp³-hybridized carbons (Fsp3) is 0.583. The Hall–Kier alpha value is -1.25. The second-order valence-corrected chi connectivity index (χ2v) is 3.58. The quantitative estimate of drug-likeness (QED) is 0.698. The van der Waals surface area contributed by atoms with Gasteiger partial charge in [0.1, 0.15) is 0 Å². The van der Waals surface area contributed by atoms with Gasteiger partial charge in [-0.25, -0.2) is 4.79 Å². The zero-order chi connectivity index (χ0) is 11.3. The molecule has 0 radical (unpaired) electrons. The van der Waals surface area contributed by atoms with Crippen molar-refractivity contribution in [1.29, 1.82) is 0 Å². The van der Waals surface area contributed by atoms with Gasteiger partial charge in [-0.15, -0.1) is 0 Å². The van der Waals surface area contributed by atoms with Crippen molar-refractivity contribution in [1.82, 2.24) is 4.57 Å². The van der Waals surface area contributed by atoms with Crippen molar-refractivity contribution in [3.8, 4) is 0 Å². The molecule has 0 aliphatic rings. The summed E-state index contributed by atoms with van der Waals surface area (Å²) in [7, 11) is 0. The van der Waals surface area contributed by atoms with Crippen LogP contribution in [0.5, 0.6) is 0 Å². The topological polar surface area (TPSA) is 31.2 Å². The van der Waals surface area contributed by atoms with Crippen LogP contribution < -0.4 is 0 Å². The van der Waals surface area contributed by atoms with Gasteiger partial charge in [-0.05, 0) is 26.3 Å². The summed E-state index contributed by atoms with van der Waals surface area (Å²) in [6.45, 7) is 7.34. The van der Waals surface area contributed by atoms with Crippen LogP contribution in [-0.2, 0) is 11.3 Å². The molecule has 0 aliphatic heterocycles. The third-order valence-corrected chi connectivity index (χ3v) is 2.49. The SMILES string of the molecule is CCCCn1ccc(C(=O)OCC)c1C. The van der Waals surface area contributed by atoms with Crippen molar-refractivity contribution in [2.45, 2.75) is 40.2 Å². The summed E-state index contributed by atoms with van der Waals surface area (Å²) in [4.78, 5) is 11.5. The number of aromatic nitrogens is 1. The van der Waals surface area contributed by atoms with Crippen LogP contribution >= 0.6 is 0 Å². The van der Waals surface area contributed by atoms with E-state index in [1.54, 1.807) is 0 Å². The number of carbonyl (C=O) groups excluding carboxylic acids is 1. The minimum Gasteiger partial charge on any atom is -0.462 e. The smallest absolute Gasteiger partial charge is 0.339 e. The Labute approximate surface area is 91.0 Å². The molecule has 1 rings (SSSR count). The molecule has 0 atom stereocenters. The highest BCUT2D eigenvalue weighted by Gasteiger charge is 2.12. The highest BCUT2D eigenvalue weighted by Crippen LogP contribution is 2.12. The summed E-state index contributed by atoms with van der Waals surface area (Å²) < 4.78 is 7.08. The third-order valence-electron chi connectivity index (χ3n) is 2.49. The molecule has 84 valence electrons. The van der Waals surface area contributed by atoms with Crippen LogP contribution in [0.2, 0.25) is 0 Å². The van der Waals surface area contributed by atoms with Crippen molar-refractivity contribution in [2.75, 3.05) is 6.61 Å². The number of hydrogen-bond donors (Lipinski definition) is 0. The van der Waals surface area contributed by atoms with Crippen LogP contribution in [0.25, 0.3) is 0 Å². The number of nitrogens with zero attached hydrogens (tertiary/aromatic N) is 1. The molecule has 1 aromatic heterocycles. The van der Waals surface area contributed by atoms with Crippen LogP contribution in [-0.4, -0.2) is 17.1 Å². The first-order chi connectivity index (χ1) is 7.20. The third kappa shape index (κ3) is 2.85. The zero-order valence-corrected chi connectivity index (χ0v) is 9.75. The number of esters is 1. The molecule has 3 heteroatoms. The molecule has 15 heavy (non-hydrogen) atoms. The van der Waals surface area contributed by atoms with Gasteiger partial charge in [0, 0.05) is 18.4 Å². The van der Waals surface area contributed by atoms with Crippen LogP contribution in [0.1, 0.15) is 42.7 Å². The Kier molecular flexibility index (Phi) is 4.40. The molecule has 0 aromatic carbocycles. The molecule has 0 bridgehead atoms. The lowest BCUT2D eigenvalue weighted by Crippen LogP contribution is -2.07. The first kappa shape index (κ1) is 11.8. The van der Waals surface area contributed by atoms with Gasteiger partial charge in [0.15, 0.2) is 0 Å². The lowest BCUT2D eigenvalue weighted by Gasteiger charge is -2.06. The minimum atomic E-state index is -0.217. The maximum absolute atomic E-state index is 11.5. The Morgan fingerprint density at radius 1 is 1.47 bits per heavy atom. The summed E-state index contributed by atoms with van der Waals surface area (Å²) >= 11 is 0. The predicted molar refractivity (Wildman–Crippen MR) is 60.0 cm³/mol. The Balaban J connectivity index is 2.74. The molecule has 0 saturated heterocycles. The lowest BCUT2D eigenvalue weighted by atomic mass is 10.2. The normalized spacial score (nSPS) is 10.3.